The summed E-state index contributed by atoms with van der Waals surface area (Å²) in [6, 6.07) is 24.3. The maximum atomic E-state index is 13.6. The van der Waals surface area contributed by atoms with Gasteiger partial charge in [-0.1, -0.05) is 90.3 Å². The highest BCUT2D eigenvalue weighted by atomic mass is 79.9. The van der Waals surface area contributed by atoms with Gasteiger partial charge in [-0.25, -0.2) is 0 Å². The van der Waals surface area contributed by atoms with E-state index in [-0.39, 0.29) is 11.8 Å². The summed E-state index contributed by atoms with van der Waals surface area (Å²) in [5, 5.41) is 10.3. The number of carbonyl (C=O) groups is 2. The normalized spacial score (nSPS) is 11.7. The molecule has 4 aromatic rings. The molecule has 0 aliphatic heterocycles. The van der Waals surface area contributed by atoms with Crippen molar-refractivity contribution in [3.8, 4) is 11.3 Å². The standard InChI is InChI=1S/C27H23Br3N4O2/c1-31-26(35)24(14-17-6-4-8-19(28)12-17)32-27(36)25-15-23(21-10-2-3-11-22(21)30)33-34(25)16-18-7-5-9-20(29)13-18/h2-13,15,24H,14,16H2,1H3,(H,31,35)(H,32,36)/t24-/m0/s1. The Labute approximate surface area is 234 Å². The smallest absolute Gasteiger partial charge is 0.270 e. The van der Waals surface area contributed by atoms with Gasteiger partial charge in [-0.2, -0.15) is 5.10 Å². The molecule has 9 heteroatoms. The van der Waals surface area contributed by atoms with Crippen LogP contribution in [0.15, 0.2) is 92.3 Å². The maximum absolute atomic E-state index is 13.6. The predicted molar refractivity (Wildman–Crippen MR) is 152 cm³/mol. The van der Waals surface area contributed by atoms with E-state index in [2.05, 4.69) is 58.4 Å². The van der Waals surface area contributed by atoms with Crippen molar-refractivity contribution in [2.75, 3.05) is 7.05 Å². The number of amides is 2. The van der Waals surface area contributed by atoms with Crippen LogP contribution in [0.25, 0.3) is 11.3 Å². The molecule has 0 spiro atoms. The molecule has 0 aliphatic carbocycles. The van der Waals surface area contributed by atoms with Crippen molar-refractivity contribution in [1.29, 1.82) is 0 Å². The Balaban J connectivity index is 1.68. The Hall–Kier alpha value is -2.75. The van der Waals surface area contributed by atoms with Crippen molar-refractivity contribution < 1.29 is 9.59 Å². The van der Waals surface area contributed by atoms with Crippen molar-refractivity contribution in [2.45, 2.75) is 19.0 Å². The maximum Gasteiger partial charge on any atom is 0.270 e. The Morgan fingerprint density at radius 3 is 2.22 bits per heavy atom. The number of rotatable bonds is 8. The Bertz CT molecular complexity index is 1400. The SMILES string of the molecule is CNC(=O)[C@H](Cc1cccc(Br)c1)NC(=O)c1cc(-c2ccccc2Br)nn1Cc1cccc(Br)c1. The van der Waals surface area contributed by atoms with E-state index in [1.54, 1.807) is 17.8 Å². The number of halogens is 3. The van der Waals surface area contributed by atoms with Crippen molar-refractivity contribution in [2.24, 2.45) is 0 Å². The number of benzene rings is 3. The first-order valence-electron chi connectivity index (χ1n) is 11.2. The number of carbonyl (C=O) groups excluding carboxylic acids is 2. The lowest BCUT2D eigenvalue weighted by atomic mass is 10.0. The highest BCUT2D eigenvalue weighted by Crippen LogP contribution is 2.28. The van der Waals surface area contributed by atoms with E-state index in [1.807, 2.05) is 72.8 Å². The minimum atomic E-state index is -0.752. The topological polar surface area (TPSA) is 76.0 Å². The van der Waals surface area contributed by atoms with Crippen molar-refractivity contribution in [3.63, 3.8) is 0 Å². The molecule has 4 rings (SSSR count). The number of hydrogen-bond acceptors (Lipinski definition) is 3. The van der Waals surface area contributed by atoms with Crippen LogP contribution in [0.3, 0.4) is 0 Å². The Morgan fingerprint density at radius 2 is 1.56 bits per heavy atom. The molecule has 3 aromatic carbocycles. The second-order valence-corrected chi connectivity index (χ2v) is 10.8. The van der Waals surface area contributed by atoms with Crippen LogP contribution in [-0.4, -0.2) is 34.7 Å². The lowest BCUT2D eigenvalue weighted by molar-refractivity contribution is -0.122. The molecule has 6 nitrogen and oxygen atoms in total. The van der Waals surface area contributed by atoms with Gasteiger partial charge in [-0.05, 0) is 47.5 Å². The monoisotopic (exact) mass is 672 g/mol. The highest BCUT2D eigenvalue weighted by molar-refractivity contribution is 9.11. The van der Waals surface area contributed by atoms with Gasteiger partial charge < -0.3 is 10.6 Å². The van der Waals surface area contributed by atoms with E-state index in [1.165, 1.54) is 0 Å². The average molecular weight is 675 g/mol. The van der Waals surface area contributed by atoms with Crippen LogP contribution in [0.2, 0.25) is 0 Å². The summed E-state index contributed by atoms with van der Waals surface area (Å²) in [6.45, 7) is 0.392. The molecule has 1 aromatic heterocycles. The molecule has 184 valence electrons. The largest absolute Gasteiger partial charge is 0.357 e. The molecule has 0 saturated heterocycles. The van der Waals surface area contributed by atoms with Crippen LogP contribution in [0.1, 0.15) is 21.6 Å². The van der Waals surface area contributed by atoms with E-state index < -0.39 is 6.04 Å². The van der Waals surface area contributed by atoms with Crippen molar-refractivity contribution in [3.05, 3.63) is 109 Å². The first kappa shape index (κ1) is 26.3. The van der Waals surface area contributed by atoms with Crippen LogP contribution in [0, 0.1) is 0 Å². The predicted octanol–water partition coefficient (Wildman–Crippen LogP) is 5.97. The Morgan fingerprint density at radius 1 is 0.889 bits per heavy atom. The van der Waals surface area contributed by atoms with Gasteiger partial charge in [-0.15, -0.1) is 0 Å². The molecule has 0 fully saturated rings. The minimum Gasteiger partial charge on any atom is -0.357 e. The molecule has 0 saturated carbocycles. The third-order valence-electron chi connectivity index (χ3n) is 5.58. The zero-order chi connectivity index (χ0) is 25.7. The first-order chi connectivity index (χ1) is 17.3. The summed E-state index contributed by atoms with van der Waals surface area (Å²) in [4.78, 5) is 26.2. The quantitative estimate of drug-likeness (QED) is 0.242. The molecule has 0 radical (unpaired) electrons. The van der Waals surface area contributed by atoms with Crippen LogP contribution in [-0.2, 0) is 17.8 Å². The molecule has 2 N–H and O–H groups in total. The molecular formula is C27H23Br3N4O2. The molecule has 1 heterocycles. The number of nitrogens with one attached hydrogen (secondary N) is 2. The summed E-state index contributed by atoms with van der Waals surface area (Å²) in [6.07, 6.45) is 0.349. The zero-order valence-corrected chi connectivity index (χ0v) is 24.1. The van der Waals surface area contributed by atoms with Gasteiger partial charge in [-0.3, -0.25) is 14.3 Å². The minimum absolute atomic E-state index is 0.271. The average Bonchev–Trinajstić information content (AvgIpc) is 3.27. The van der Waals surface area contributed by atoms with Crippen molar-refractivity contribution in [1.82, 2.24) is 20.4 Å². The summed E-state index contributed by atoms with van der Waals surface area (Å²) in [5.41, 5.74) is 3.80. The molecule has 0 unspecified atom stereocenters. The third-order valence-corrected chi connectivity index (χ3v) is 7.26. The van der Waals surface area contributed by atoms with Gasteiger partial charge in [0.15, 0.2) is 0 Å². The van der Waals surface area contributed by atoms with Gasteiger partial charge >= 0.3 is 0 Å². The summed E-state index contributed by atoms with van der Waals surface area (Å²) in [5.74, 6) is -0.646. The van der Waals surface area contributed by atoms with E-state index in [0.717, 1.165) is 30.1 Å². The second kappa shape index (κ2) is 12.0. The van der Waals surface area contributed by atoms with Gasteiger partial charge in [0.25, 0.3) is 5.91 Å². The number of nitrogens with zero attached hydrogens (tertiary/aromatic N) is 2. The fourth-order valence-corrected chi connectivity index (χ4v) is 5.23. The number of hydrogen-bond donors (Lipinski definition) is 2. The summed E-state index contributed by atoms with van der Waals surface area (Å²) in [7, 11) is 1.56. The molecule has 36 heavy (non-hydrogen) atoms. The van der Waals surface area contributed by atoms with Crippen molar-refractivity contribution >= 4 is 59.6 Å². The van der Waals surface area contributed by atoms with Crippen LogP contribution in [0.5, 0.6) is 0 Å². The lowest BCUT2D eigenvalue weighted by Gasteiger charge is -2.18. The molecule has 2 amide bonds. The molecular weight excluding hydrogens is 652 g/mol. The van der Waals surface area contributed by atoms with Gasteiger partial charge in [0.2, 0.25) is 5.91 Å². The van der Waals surface area contributed by atoms with Gasteiger partial charge in [0.1, 0.15) is 11.7 Å². The van der Waals surface area contributed by atoms with E-state index >= 15 is 0 Å². The first-order valence-corrected chi connectivity index (χ1v) is 13.6. The fourth-order valence-electron chi connectivity index (χ4n) is 3.84. The molecule has 0 bridgehead atoms. The third kappa shape index (κ3) is 6.52. The molecule has 1 atom stereocenters. The van der Waals surface area contributed by atoms with Crippen LogP contribution >= 0.6 is 47.8 Å². The number of aromatic nitrogens is 2. The van der Waals surface area contributed by atoms with Crippen LogP contribution in [0.4, 0.5) is 0 Å². The lowest BCUT2D eigenvalue weighted by Crippen LogP contribution is -2.47. The van der Waals surface area contributed by atoms with E-state index in [4.69, 9.17) is 5.10 Å². The fraction of sp³-hybridized carbons (Fsp3) is 0.148. The Kier molecular flexibility index (Phi) is 8.77. The van der Waals surface area contributed by atoms with Gasteiger partial charge in [0.05, 0.1) is 12.2 Å². The summed E-state index contributed by atoms with van der Waals surface area (Å²) >= 11 is 10.5. The van der Waals surface area contributed by atoms with Gasteiger partial charge in [0, 0.05) is 32.5 Å². The van der Waals surface area contributed by atoms with E-state index in [9.17, 15) is 9.59 Å². The van der Waals surface area contributed by atoms with E-state index in [0.29, 0.717) is 24.4 Å². The zero-order valence-electron chi connectivity index (χ0n) is 19.3. The van der Waals surface area contributed by atoms with Crippen LogP contribution < -0.4 is 10.6 Å². The second-order valence-electron chi connectivity index (χ2n) is 8.16. The highest BCUT2D eigenvalue weighted by Gasteiger charge is 2.24. The summed E-state index contributed by atoms with van der Waals surface area (Å²) < 4.78 is 4.40. The molecule has 0 aliphatic rings. The number of likely N-dealkylation sites (N-methyl/N-ethyl adjacent to an activating group) is 1.